The third-order valence-corrected chi connectivity index (χ3v) is 7.76. The Morgan fingerprint density at radius 3 is 2.17 bits per heavy atom. The van der Waals surface area contributed by atoms with E-state index in [1.165, 1.54) is 0 Å². The molecule has 194 valence electrons. The fourth-order valence-electron chi connectivity index (χ4n) is 5.44. The first-order valence-electron chi connectivity index (χ1n) is 13.0. The molecule has 1 heterocycles. The van der Waals surface area contributed by atoms with Crippen LogP contribution in [0.4, 0.5) is 0 Å². The molecule has 0 N–H and O–H groups in total. The van der Waals surface area contributed by atoms with E-state index in [0.717, 1.165) is 44.1 Å². The summed E-state index contributed by atoms with van der Waals surface area (Å²) in [5, 5.41) is 0.0945. The van der Waals surface area contributed by atoms with E-state index in [-0.39, 0.29) is 40.0 Å². The quantitative estimate of drug-likeness (QED) is 0.377. The molecule has 3 rings (SSSR count). The first-order chi connectivity index (χ1) is 16.1. The lowest BCUT2D eigenvalue weighted by Gasteiger charge is -2.47. The van der Waals surface area contributed by atoms with Crippen LogP contribution in [-0.4, -0.2) is 33.7 Å². The first kappa shape index (κ1) is 27.7. The van der Waals surface area contributed by atoms with Crippen molar-refractivity contribution in [2.75, 3.05) is 0 Å². The zero-order valence-electron chi connectivity index (χ0n) is 22.8. The normalized spacial score (nSPS) is 24.2. The molecule has 1 fully saturated rings. The lowest BCUT2D eigenvalue weighted by molar-refractivity contribution is -0.133. The van der Waals surface area contributed by atoms with Crippen molar-refractivity contribution in [3.63, 3.8) is 0 Å². The number of hydrogen-bond acceptors (Lipinski definition) is 4. The van der Waals surface area contributed by atoms with Crippen molar-refractivity contribution in [1.82, 2.24) is 4.90 Å². The number of aliphatic imine (C=N–C) groups is 1. The first-order valence-corrected chi connectivity index (χ1v) is 13.4. The van der Waals surface area contributed by atoms with Crippen LogP contribution in [0.15, 0.2) is 29.3 Å². The van der Waals surface area contributed by atoms with Gasteiger partial charge in [0.25, 0.3) is 5.91 Å². The summed E-state index contributed by atoms with van der Waals surface area (Å²) < 4.78 is 5.35. The molecular weight excluding hydrogens is 460 g/mol. The minimum absolute atomic E-state index is 0.0945. The fraction of sp³-hybridized carbons (Fsp3) is 0.690. The minimum atomic E-state index is -0.590. The molecule has 1 aliphatic heterocycles. The molecular formula is C29H43ClN2O3. The smallest absolute Gasteiger partial charge is 0.338 e. The van der Waals surface area contributed by atoms with Crippen LogP contribution in [0.1, 0.15) is 116 Å². The molecule has 1 aromatic carbocycles. The van der Waals surface area contributed by atoms with E-state index in [4.69, 9.17) is 21.3 Å². The summed E-state index contributed by atoms with van der Waals surface area (Å²) in [5.74, 6) is 0.0837. The van der Waals surface area contributed by atoms with E-state index in [2.05, 4.69) is 41.5 Å². The molecule has 1 aromatic rings. The highest BCUT2D eigenvalue weighted by Gasteiger charge is 2.52. The number of ether oxygens (including phenoxy) is 1. The molecule has 5 nitrogen and oxygen atoms in total. The van der Waals surface area contributed by atoms with Crippen LogP contribution in [0.25, 0.3) is 0 Å². The van der Waals surface area contributed by atoms with E-state index in [0.29, 0.717) is 11.5 Å². The average Bonchev–Trinajstić information content (AvgIpc) is 2.97. The fourth-order valence-corrected chi connectivity index (χ4v) is 5.69. The number of nitrogens with zero attached hydrogens (tertiary/aromatic N) is 2. The second-order valence-electron chi connectivity index (χ2n) is 12.9. The van der Waals surface area contributed by atoms with Crippen molar-refractivity contribution in [3.8, 4) is 0 Å². The number of rotatable bonds is 6. The number of amides is 1. The SMILES string of the molecule is CC(C)OC(=O)c1ccc([C@@H](CCC(C)(C)C)N2C(=O)C(Cl)=NC23CCC(C(C)(C)C)CC3)cc1. The van der Waals surface area contributed by atoms with Crippen LogP contribution in [-0.2, 0) is 9.53 Å². The molecule has 0 radical (unpaired) electrons. The van der Waals surface area contributed by atoms with E-state index in [1.807, 2.05) is 30.9 Å². The summed E-state index contributed by atoms with van der Waals surface area (Å²) in [6.07, 6.45) is 5.25. The molecule has 1 spiro atoms. The maximum atomic E-state index is 13.5. The third-order valence-electron chi connectivity index (χ3n) is 7.51. The zero-order valence-corrected chi connectivity index (χ0v) is 23.5. The number of carbonyl (C=O) groups is 2. The Morgan fingerprint density at radius 2 is 1.69 bits per heavy atom. The van der Waals surface area contributed by atoms with E-state index in [1.54, 1.807) is 12.1 Å². The highest BCUT2D eigenvalue weighted by molar-refractivity contribution is 6.83. The average molecular weight is 503 g/mol. The van der Waals surface area contributed by atoms with Crippen LogP contribution in [0.2, 0.25) is 0 Å². The van der Waals surface area contributed by atoms with Gasteiger partial charge in [-0.15, -0.1) is 0 Å². The summed E-state index contributed by atoms with van der Waals surface area (Å²) in [6, 6.07) is 7.35. The van der Waals surface area contributed by atoms with Gasteiger partial charge in [0.15, 0.2) is 5.17 Å². The lowest BCUT2D eigenvalue weighted by Crippen LogP contribution is -2.51. The summed E-state index contributed by atoms with van der Waals surface area (Å²) in [4.78, 5) is 32.6. The van der Waals surface area contributed by atoms with Crippen molar-refractivity contribution in [2.24, 2.45) is 21.7 Å². The van der Waals surface area contributed by atoms with Crippen LogP contribution < -0.4 is 0 Å². The Hall–Kier alpha value is -1.88. The molecule has 2 aliphatic rings. The molecule has 1 aliphatic carbocycles. The molecule has 6 heteroatoms. The maximum Gasteiger partial charge on any atom is 0.338 e. The van der Waals surface area contributed by atoms with Crippen molar-refractivity contribution >= 4 is 28.6 Å². The minimum Gasteiger partial charge on any atom is -0.459 e. The number of hydrogen-bond donors (Lipinski definition) is 0. The molecule has 1 saturated carbocycles. The van der Waals surface area contributed by atoms with Gasteiger partial charge in [-0.25, -0.2) is 9.79 Å². The van der Waals surface area contributed by atoms with Crippen molar-refractivity contribution < 1.29 is 14.3 Å². The van der Waals surface area contributed by atoms with Crippen LogP contribution in [0.5, 0.6) is 0 Å². The topological polar surface area (TPSA) is 59.0 Å². The summed E-state index contributed by atoms with van der Waals surface area (Å²) in [6.45, 7) is 17.2. The van der Waals surface area contributed by atoms with Crippen molar-refractivity contribution in [2.45, 2.75) is 112 Å². The standard InChI is InChI=1S/C29H43ClN2O3/c1-19(2)35-26(34)21-11-9-20(10-12-21)23(15-16-27(3,4)5)32-25(33)24(30)31-29(32)17-13-22(14-18-29)28(6,7)8/h9-12,19,22-23H,13-18H2,1-8H3/t22?,23-,29?/m1/s1. The second kappa shape index (κ2) is 10.2. The number of halogens is 1. The lowest BCUT2D eigenvalue weighted by atomic mass is 9.69. The van der Waals surface area contributed by atoms with Gasteiger partial charge in [-0.1, -0.05) is 65.3 Å². The van der Waals surface area contributed by atoms with Gasteiger partial charge in [0.05, 0.1) is 17.7 Å². The van der Waals surface area contributed by atoms with Gasteiger partial charge in [0, 0.05) is 0 Å². The summed E-state index contributed by atoms with van der Waals surface area (Å²) in [5.41, 5.74) is 1.27. The van der Waals surface area contributed by atoms with Gasteiger partial charge in [-0.3, -0.25) is 4.79 Å². The Kier molecular flexibility index (Phi) is 8.10. The maximum absolute atomic E-state index is 13.5. The van der Waals surface area contributed by atoms with E-state index >= 15 is 0 Å². The molecule has 0 unspecified atom stereocenters. The Labute approximate surface area is 216 Å². The van der Waals surface area contributed by atoms with Crippen molar-refractivity contribution in [3.05, 3.63) is 35.4 Å². The van der Waals surface area contributed by atoms with Crippen LogP contribution in [0, 0.1) is 16.7 Å². The molecule has 0 bridgehead atoms. The predicted octanol–water partition coefficient (Wildman–Crippen LogP) is 7.53. The largest absolute Gasteiger partial charge is 0.459 e. The monoisotopic (exact) mass is 502 g/mol. The summed E-state index contributed by atoms with van der Waals surface area (Å²) in [7, 11) is 0. The predicted molar refractivity (Wildman–Crippen MR) is 143 cm³/mol. The van der Waals surface area contributed by atoms with Crippen LogP contribution in [0.3, 0.4) is 0 Å². The molecule has 1 amide bonds. The van der Waals surface area contributed by atoms with Gasteiger partial charge in [-0.2, -0.15) is 0 Å². The van der Waals surface area contributed by atoms with Crippen LogP contribution >= 0.6 is 11.6 Å². The van der Waals surface area contributed by atoms with Gasteiger partial charge in [-0.05, 0) is 86.8 Å². The number of carbonyl (C=O) groups excluding carboxylic acids is 2. The van der Waals surface area contributed by atoms with Gasteiger partial charge < -0.3 is 9.64 Å². The van der Waals surface area contributed by atoms with Gasteiger partial charge >= 0.3 is 5.97 Å². The molecule has 35 heavy (non-hydrogen) atoms. The third kappa shape index (κ3) is 6.47. The second-order valence-corrected chi connectivity index (χ2v) is 13.2. The molecule has 1 atom stereocenters. The number of esters is 1. The Balaban J connectivity index is 1.95. The number of benzene rings is 1. The zero-order chi connectivity index (χ0) is 26.2. The Bertz CT molecular complexity index is 946. The molecule has 0 saturated heterocycles. The van der Waals surface area contributed by atoms with Crippen molar-refractivity contribution in [1.29, 1.82) is 0 Å². The van der Waals surface area contributed by atoms with Gasteiger partial charge in [0.2, 0.25) is 0 Å². The highest BCUT2D eigenvalue weighted by Crippen LogP contribution is 2.50. The van der Waals surface area contributed by atoms with Gasteiger partial charge in [0.1, 0.15) is 5.66 Å². The highest BCUT2D eigenvalue weighted by atomic mass is 35.5. The summed E-state index contributed by atoms with van der Waals surface area (Å²) >= 11 is 6.44. The van der Waals surface area contributed by atoms with E-state index in [9.17, 15) is 9.59 Å². The Morgan fingerprint density at radius 1 is 1.11 bits per heavy atom. The van der Waals surface area contributed by atoms with E-state index < -0.39 is 5.66 Å². The molecule has 0 aromatic heterocycles.